The maximum Gasteiger partial charge on any atom is 0.0519 e. The van der Waals surface area contributed by atoms with E-state index in [1.165, 1.54) is 33.5 Å². The Morgan fingerprint density at radius 2 is 1.60 bits per heavy atom. The first kappa shape index (κ1) is 15.1. The highest BCUT2D eigenvalue weighted by atomic mass is 79.9. The van der Waals surface area contributed by atoms with E-state index in [2.05, 4.69) is 86.2 Å². The highest BCUT2D eigenvalue weighted by Crippen LogP contribution is 2.31. The Morgan fingerprint density at radius 3 is 2.20 bits per heavy atom. The zero-order valence-corrected chi connectivity index (χ0v) is 14.4. The number of anilines is 1. The van der Waals surface area contributed by atoms with Gasteiger partial charge in [0.15, 0.2) is 0 Å². The zero-order valence-electron chi connectivity index (χ0n) is 12.8. The molecule has 0 saturated carbocycles. The van der Waals surface area contributed by atoms with E-state index in [4.69, 9.17) is 0 Å². The van der Waals surface area contributed by atoms with Crippen LogP contribution in [0.4, 0.5) is 5.69 Å². The van der Waals surface area contributed by atoms with Gasteiger partial charge in [-0.25, -0.2) is 0 Å². The van der Waals surface area contributed by atoms with Crippen LogP contribution in [-0.2, 0) is 0 Å². The molecule has 0 aliphatic carbocycles. The second-order valence-corrected chi connectivity index (χ2v) is 6.50. The Hall–Kier alpha value is -1.28. The van der Waals surface area contributed by atoms with Crippen LogP contribution in [0.15, 0.2) is 34.8 Å². The largest absolute Gasteiger partial charge is 0.377 e. The minimum atomic E-state index is 0.284. The molecule has 1 N–H and O–H groups in total. The molecular weight excluding hydrogens is 310 g/mol. The monoisotopic (exact) mass is 331 g/mol. The quantitative estimate of drug-likeness (QED) is 0.743. The molecule has 0 fully saturated rings. The molecule has 0 heterocycles. The van der Waals surface area contributed by atoms with Crippen molar-refractivity contribution < 1.29 is 0 Å². The molecule has 2 heteroatoms. The lowest BCUT2D eigenvalue weighted by atomic mass is 10.0. The van der Waals surface area contributed by atoms with Crippen LogP contribution < -0.4 is 5.32 Å². The lowest BCUT2D eigenvalue weighted by Crippen LogP contribution is -2.09. The summed E-state index contributed by atoms with van der Waals surface area (Å²) in [5.74, 6) is 0. The van der Waals surface area contributed by atoms with E-state index in [0.29, 0.717) is 0 Å². The van der Waals surface area contributed by atoms with Crippen LogP contribution in [0.3, 0.4) is 0 Å². The van der Waals surface area contributed by atoms with Crippen molar-refractivity contribution in [2.45, 2.75) is 40.7 Å². The molecule has 0 aliphatic rings. The van der Waals surface area contributed by atoms with Gasteiger partial charge in [0.05, 0.1) is 5.69 Å². The van der Waals surface area contributed by atoms with Gasteiger partial charge >= 0.3 is 0 Å². The second-order valence-electron chi connectivity index (χ2n) is 5.65. The Labute approximate surface area is 130 Å². The topological polar surface area (TPSA) is 12.0 Å². The molecule has 2 rings (SSSR count). The summed E-state index contributed by atoms with van der Waals surface area (Å²) >= 11 is 3.66. The van der Waals surface area contributed by atoms with E-state index in [-0.39, 0.29) is 6.04 Å². The standard InChI is InChI=1S/C18H22BrN/c1-11-8-14(4)18(17(19)9-11)20-15(5)16-7-6-12(2)13(3)10-16/h6-10,15,20H,1-5H3. The van der Waals surface area contributed by atoms with Gasteiger partial charge in [0.1, 0.15) is 0 Å². The fraction of sp³-hybridized carbons (Fsp3) is 0.333. The minimum Gasteiger partial charge on any atom is -0.377 e. The predicted octanol–water partition coefficient (Wildman–Crippen LogP) is 5.86. The Kier molecular flexibility index (Phi) is 4.54. The van der Waals surface area contributed by atoms with Gasteiger partial charge in [0, 0.05) is 10.5 Å². The molecular formula is C18H22BrN. The van der Waals surface area contributed by atoms with Gasteiger partial charge < -0.3 is 5.32 Å². The third kappa shape index (κ3) is 3.24. The van der Waals surface area contributed by atoms with Gasteiger partial charge in [-0.1, -0.05) is 24.3 Å². The summed E-state index contributed by atoms with van der Waals surface area (Å²) in [6, 6.07) is 11.3. The van der Waals surface area contributed by atoms with Gasteiger partial charge in [0.25, 0.3) is 0 Å². The summed E-state index contributed by atoms with van der Waals surface area (Å²) in [6.07, 6.45) is 0. The first-order valence-corrected chi connectivity index (χ1v) is 7.78. The molecule has 1 nitrogen and oxygen atoms in total. The normalized spacial score (nSPS) is 12.3. The molecule has 2 aromatic carbocycles. The van der Waals surface area contributed by atoms with Gasteiger partial charge in [-0.05, 0) is 84.4 Å². The van der Waals surface area contributed by atoms with E-state index in [0.717, 1.165) is 4.47 Å². The summed E-state index contributed by atoms with van der Waals surface area (Å²) in [5, 5.41) is 3.62. The molecule has 20 heavy (non-hydrogen) atoms. The van der Waals surface area contributed by atoms with Crippen molar-refractivity contribution in [2.24, 2.45) is 0 Å². The molecule has 0 amide bonds. The molecule has 1 unspecified atom stereocenters. The Balaban J connectivity index is 2.27. The van der Waals surface area contributed by atoms with Crippen molar-refractivity contribution in [2.75, 3.05) is 5.32 Å². The number of nitrogens with one attached hydrogen (secondary N) is 1. The average Bonchev–Trinajstić information content (AvgIpc) is 2.36. The van der Waals surface area contributed by atoms with Crippen molar-refractivity contribution in [1.82, 2.24) is 0 Å². The first-order chi connectivity index (χ1) is 9.38. The highest BCUT2D eigenvalue weighted by Gasteiger charge is 2.11. The fourth-order valence-electron chi connectivity index (χ4n) is 2.43. The second kappa shape index (κ2) is 6.01. The predicted molar refractivity (Wildman–Crippen MR) is 91.6 cm³/mol. The van der Waals surface area contributed by atoms with Crippen molar-refractivity contribution in [3.63, 3.8) is 0 Å². The van der Waals surface area contributed by atoms with E-state index in [1.54, 1.807) is 0 Å². The van der Waals surface area contributed by atoms with Crippen LogP contribution in [0.25, 0.3) is 0 Å². The molecule has 0 saturated heterocycles. The van der Waals surface area contributed by atoms with E-state index >= 15 is 0 Å². The van der Waals surface area contributed by atoms with Crippen LogP contribution in [0.2, 0.25) is 0 Å². The number of rotatable bonds is 3. The van der Waals surface area contributed by atoms with E-state index in [1.807, 2.05) is 0 Å². The zero-order chi connectivity index (χ0) is 14.9. The molecule has 0 radical (unpaired) electrons. The summed E-state index contributed by atoms with van der Waals surface area (Å²) in [6.45, 7) is 10.8. The van der Waals surface area contributed by atoms with Crippen LogP contribution in [0.1, 0.15) is 40.8 Å². The number of hydrogen-bond acceptors (Lipinski definition) is 1. The van der Waals surface area contributed by atoms with Crippen molar-refractivity contribution in [3.05, 3.63) is 62.6 Å². The number of aryl methyl sites for hydroxylation is 4. The van der Waals surface area contributed by atoms with Crippen LogP contribution in [0.5, 0.6) is 0 Å². The SMILES string of the molecule is Cc1cc(C)c(NC(C)c2ccc(C)c(C)c2)c(Br)c1. The summed E-state index contributed by atoms with van der Waals surface area (Å²) in [7, 11) is 0. The maximum atomic E-state index is 3.66. The van der Waals surface area contributed by atoms with Gasteiger partial charge in [-0.2, -0.15) is 0 Å². The summed E-state index contributed by atoms with van der Waals surface area (Å²) < 4.78 is 1.13. The number of halogens is 1. The van der Waals surface area contributed by atoms with Crippen LogP contribution in [0, 0.1) is 27.7 Å². The first-order valence-electron chi connectivity index (χ1n) is 6.99. The minimum absolute atomic E-state index is 0.284. The third-order valence-corrected chi connectivity index (χ3v) is 4.45. The molecule has 106 valence electrons. The Bertz CT molecular complexity index is 608. The van der Waals surface area contributed by atoms with E-state index in [9.17, 15) is 0 Å². The fourth-order valence-corrected chi connectivity index (χ4v) is 3.22. The lowest BCUT2D eigenvalue weighted by molar-refractivity contribution is 0.878. The number of benzene rings is 2. The molecule has 0 aliphatic heterocycles. The molecule has 0 bridgehead atoms. The molecule has 0 spiro atoms. The van der Waals surface area contributed by atoms with Crippen molar-refractivity contribution >= 4 is 21.6 Å². The average molecular weight is 332 g/mol. The summed E-state index contributed by atoms with van der Waals surface area (Å²) in [5.41, 5.74) is 7.73. The molecule has 0 aromatic heterocycles. The van der Waals surface area contributed by atoms with E-state index < -0.39 is 0 Å². The van der Waals surface area contributed by atoms with Crippen molar-refractivity contribution in [1.29, 1.82) is 0 Å². The Morgan fingerprint density at radius 1 is 0.900 bits per heavy atom. The third-order valence-electron chi connectivity index (χ3n) is 3.82. The highest BCUT2D eigenvalue weighted by molar-refractivity contribution is 9.10. The lowest BCUT2D eigenvalue weighted by Gasteiger charge is -2.20. The maximum absolute atomic E-state index is 3.66. The summed E-state index contributed by atoms with van der Waals surface area (Å²) in [4.78, 5) is 0. The molecule has 1 atom stereocenters. The van der Waals surface area contributed by atoms with Gasteiger partial charge in [-0.15, -0.1) is 0 Å². The van der Waals surface area contributed by atoms with Crippen LogP contribution in [-0.4, -0.2) is 0 Å². The van der Waals surface area contributed by atoms with Crippen molar-refractivity contribution in [3.8, 4) is 0 Å². The van der Waals surface area contributed by atoms with Gasteiger partial charge in [0.2, 0.25) is 0 Å². The smallest absolute Gasteiger partial charge is 0.0519 e. The molecule has 2 aromatic rings. The van der Waals surface area contributed by atoms with Crippen LogP contribution >= 0.6 is 15.9 Å². The number of hydrogen-bond donors (Lipinski definition) is 1. The van der Waals surface area contributed by atoms with Gasteiger partial charge in [-0.3, -0.25) is 0 Å².